The van der Waals surface area contributed by atoms with Crippen LogP contribution in [0.1, 0.15) is 48.0 Å². The normalized spacial score (nSPS) is 32.7. The summed E-state index contributed by atoms with van der Waals surface area (Å²) in [5, 5.41) is 0. The molecule has 0 radical (unpaired) electrons. The number of methoxy groups -OCH3 is 1. The van der Waals surface area contributed by atoms with Crippen molar-refractivity contribution in [2.45, 2.75) is 72.4 Å². The molecule has 0 aromatic rings. The van der Waals surface area contributed by atoms with E-state index in [9.17, 15) is 14.4 Å². The van der Waals surface area contributed by atoms with Gasteiger partial charge in [-0.05, 0) is 40.0 Å². The molecule has 8 heteroatoms. The molecule has 1 aliphatic heterocycles. The molecule has 1 saturated heterocycles. The molecule has 3 rings (SSSR count). The Labute approximate surface area is 184 Å². The van der Waals surface area contributed by atoms with Crippen molar-refractivity contribution in [1.82, 2.24) is 4.90 Å². The molecule has 176 valence electrons. The predicted molar refractivity (Wildman–Crippen MR) is 112 cm³/mol. The Morgan fingerprint density at radius 1 is 1.06 bits per heavy atom. The van der Waals surface area contributed by atoms with E-state index in [1.54, 1.807) is 0 Å². The van der Waals surface area contributed by atoms with Crippen LogP contribution in [-0.4, -0.2) is 67.5 Å². The van der Waals surface area contributed by atoms with Crippen LogP contribution in [0.5, 0.6) is 0 Å². The van der Waals surface area contributed by atoms with Crippen molar-refractivity contribution in [3.63, 3.8) is 0 Å². The van der Waals surface area contributed by atoms with E-state index in [1.807, 2.05) is 46.4 Å². The smallest absolute Gasteiger partial charge is 0.320 e. The van der Waals surface area contributed by atoms with Crippen LogP contribution < -0.4 is 0 Å². The molecule has 2 saturated carbocycles. The van der Waals surface area contributed by atoms with Crippen LogP contribution in [0.3, 0.4) is 0 Å². The zero-order chi connectivity index (χ0) is 23.0. The predicted octanol–water partition coefficient (Wildman–Crippen LogP) is 2.24. The van der Waals surface area contributed by atoms with Gasteiger partial charge in [0.05, 0.1) is 25.0 Å². The quantitative estimate of drug-likeness (QED) is 0.307. The number of esters is 3. The minimum absolute atomic E-state index is 0.00558. The standard InChI is InChI=1S/C23H37NO7/c1-11(2)23(28-7)31-22(27)19-15-8-14(16-10-29-21(26)18(15)16)20(19)30-17(25)9-24(12(3)4)13(5)6/h11-16,18-20,23H,8-10H2,1-7H3. The lowest BCUT2D eigenvalue weighted by molar-refractivity contribution is -0.196. The van der Waals surface area contributed by atoms with Crippen LogP contribution in [0.25, 0.3) is 0 Å². The highest BCUT2D eigenvalue weighted by Crippen LogP contribution is 2.59. The van der Waals surface area contributed by atoms with Crippen LogP contribution in [0.15, 0.2) is 0 Å². The molecule has 7 unspecified atom stereocenters. The third-order valence-electron chi connectivity index (χ3n) is 7.13. The minimum atomic E-state index is -0.688. The molecule has 7 atom stereocenters. The van der Waals surface area contributed by atoms with Gasteiger partial charge in [-0.15, -0.1) is 0 Å². The van der Waals surface area contributed by atoms with E-state index in [2.05, 4.69) is 0 Å². The summed E-state index contributed by atoms with van der Waals surface area (Å²) in [6.07, 6.45) is -0.627. The maximum atomic E-state index is 13.2. The summed E-state index contributed by atoms with van der Waals surface area (Å²) >= 11 is 0. The average molecular weight is 440 g/mol. The van der Waals surface area contributed by atoms with Crippen LogP contribution in [-0.2, 0) is 33.3 Å². The zero-order valence-electron chi connectivity index (χ0n) is 19.7. The van der Waals surface area contributed by atoms with Gasteiger partial charge in [0.1, 0.15) is 6.10 Å². The second-order valence-corrected chi connectivity index (χ2v) is 10.0. The van der Waals surface area contributed by atoms with E-state index in [0.717, 1.165) is 0 Å². The first-order chi connectivity index (χ1) is 14.6. The number of rotatable bonds is 9. The summed E-state index contributed by atoms with van der Waals surface area (Å²) in [5.41, 5.74) is 0. The van der Waals surface area contributed by atoms with E-state index in [0.29, 0.717) is 13.0 Å². The molecule has 3 aliphatic rings. The number of carbonyl (C=O) groups is 3. The molecule has 2 bridgehead atoms. The van der Waals surface area contributed by atoms with Gasteiger partial charge in [0.15, 0.2) is 0 Å². The Morgan fingerprint density at radius 3 is 2.26 bits per heavy atom. The van der Waals surface area contributed by atoms with E-state index < -0.39 is 24.3 Å². The van der Waals surface area contributed by atoms with Crippen molar-refractivity contribution in [1.29, 1.82) is 0 Å². The molecule has 0 aromatic heterocycles. The van der Waals surface area contributed by atoms with Crippen molar-refractivity contribution in [3.05, 3.63) is 0 Å². The number of cyclic esters (lactones) is 1. The first-order valence-corrected chi connectivity index (χ1v) is 11.4. The molecule has 3 fully saturated rings. The van der Waals surface area contributed by atoms with Gasteiger partial charge in [0, 0.05) is 36.9 Å². The molecule has 0 spiro atoms. The lowest BCUT2D eigenvalue weighted by atomic mass is 9.73. The lowest BCUT2D eigenvalue weighted by Crippen LogP contribution is -2.48. The SMILES string of the molecule is COC(OC(=O)C1C2CC(C3COC(=O)C32)C1OC(=O)CN(C(C)C)C(C)C)C(C)C. The van der Waals surface area contributed by atoms with Gasteiger partial charge in [-0.25, -0.2) is 0 Å². The molecule has 8 nitrogen and oxygen atoms in total. The van der Waals surface area contributed by atoms with Crippen molar-refractivity contribution >= 4 is 17.9 Å². The van der Waals surface area contributed by atoms with Gasteiger partial charge in [0.2, 0.25) is 6.29 Å². The van der Waals surface area contributed by atoms with E-state index in [4.69, 9.17) is 18.9 Å². The molecule has 1 heterocycles. The molecule has 0 amide bonds. The largest absolute Gasteiger partial charge is 0.465 e. The number of nitrogens with zero attached hydrogens (tertiary/aromatic N) is 1. The first kappa shape index (κ1) is 24.0. The zero-order valence-corrected chi connectivity index (χ0v) is 19.7. The summed E-state index contributed by atoms with van der Waals surface area (Å²) in [5.74, 6) is -2.40. The monoisotopic (exact) mass is 439 g/mol. The molecule has 0 aromatic carbocycles. The molecule has 0 N–H and O–H groups in total. The number of carbonyl (C=O) groups excluding carboxylic acids is 3. The Balaban J connectivity index is 1.78. The third kappa shape index (κ3) is 4.60. The highest BCUT2D eigenvalue weighted by molar-refractivity contribution is 5.81. The summed E-state index contributed by atoms with van der Waals surface area (Å²) < 4.78 is 22.2. The fraction of sp³-hybridized carbons (Fsp3) is 0.870. The summed E-state index contributed by atoms with van der Waals surface area (Å²) in [7, 11) is 1.49. The Kier molecular flexibility index (Phi) is 7.31. The Hall–Kier alpha value is -1.67. The number of hydrogen-bond donors (Lipinski definition) is 0. The second kappa shape index (κ2) is 9.45. The van der Waals surface area contributed by atoms with Gasteiger partial charge in [0.25, 0.3) is 0 Å². The van der Waals surface area contributed by atoms with E-state index in [1.165, 1.54) is 7.11 Å². The first-order valence-electron chi connectivity index (χ1n) is 11.4. The minimum Gasteiger partial charge on any atom is -0.465 e. The Bertz CT molecular complexity index is 683. The van der Waals surface area contributed by atoms with Crippen molar-refractivity contribution in [2.24, 2.45) is 35.5 Å². The van der Waals surface area contributed by atoms with E-state index >= 15 is 0 Å². The van der Waals surface area contributed by atoms with Gasteiger partial charge < -0.3 is 18.9 Å². The van der Waals surface area contributed by atoms with Gasteiger partial charge in [-0.3, -0.25) is 19.3 Å². The maximum Gasteiger partial charge on any atom is 0.320 e. The Morgan fingerprint density at radius 2 is 1.71 bits per heavy atom. The molecule has 31 heavy (non-hydrogen) atoms. The van der Waals surface area contributed by atoms with Crippen molar-refractivity contribution in [2.75, 3.05) is 20.3 Å². The van der Waals surface area contributed by atoms with Crippen LogP contribution >= 0.6 is 0 Å². The van der Waals surface area contributed by atoms with Crippen molar-refractivity contribution < 1.29 is 33.3 Å². The topological polar surface area (TPSA) is 91.4 Å². The van der Waals surface area contributed by atoms with Gasteiger partial charge in [-0.2, -0.15) is 0 Å². The lowest BCUT2D eigenvalue weighted by Gasteiger charge is -2.36. The average Bonchev–Trinajstić information content (AvgIpc) is 3.35. The molecular weight excluding hydrogens is 402 g/mol. The van der Waals surface area contributed by atoms with Crippen LogP contribution in [0.2, 0.25) is 0 Å². The number of fused-ring (bicyclic) bond motifs is 5. The van der Waals surface area contributed by atoms with Gasteiger partial charge in [-0.1, -0.05) is 13.8 Å². The van der Waals surface area contributed by atoms with Gasteiger partial charge >= 0.3 is 17.9 Å². The fourth-order valence-corrected chi connectivity index (χ4v) is 5.75. The maximum absolute atomic E-state index is 13.2. The van der Waals surface area contributed by atoms with E-state index in [-0.39, 0.29) is 60.2 Å². The fourth-order valence-electron chi connectivity index (χ4n) is 5.75. The second-order valence-electron chi connectivity index (χ2n) is 10.0. The van der Waals surface area contributed by atoms with Crippen LogP contribution in [0, 0.1) is 35.5 Å². The highest BCUT2D eigenvalue weighted by atomic mass is 16.7. The number of hydrogen-bond acceptors (Lipinski definition) is 8. The molecule has 2 aliphatic carbocycles. The van der Waals surface area contributed by atoms with Crippen LogP contribution in [0.4, 0.5) is 0 Å². The summed E-state index contributed by atoms with van der Waals surface area (Å²) in [6.45, 7) is 12.4. The summed E-state index contributed by atoms with van der Waals surface area (Å²) in [4.78, 5) is 40.4. The molecular formula is C23H37NO7. The number of ether oxygens (including phenoxy) is 4. The van der Waals surface area contributed by atoms with Crippen molar-refractivity contribution in [3.8, 4) is 0 Å². The summed E-state index contributed by atoms with van der Waals surface area (Å²) in [6, 6.07) is 0.374. The third-order valence-corrected chi connectivity index (χ3v) is 7.13. The highest BCUT2D eigenvalue weighted by Gasteiger charge is 2.67.